The summed E-state index contributed by atoms with van der Waals surface area (Å²) in [5.41, 5.74) is 0.319. The second-order valence-corrected chi connectivity index (χ2v) is 12.5. The monoisotopic (exact) mass is 697 g/mol. The number of benzene rings is 3. The molecule has 266 valence electrons. The van der Waals surface area contributed by atoms with Gasteiger partial charge in [-0.1, -0.05) is 6.07 Å². The quantitative estimate of drug-likeness (QED) is 0.313. The summed E-state index contributed by atoms with van der Waals surface area (Å²) in [4.78, 5) is 48.2. The van der Waals surface area contributed by atoms with Crippen LogP contribution in [0.25, 0.3) is 0 Å². The lowest BCUT2D eigenvalue weighted by Gasteiger charge is -2.41. The van der Waals surface area contributed by atoms with E-state index in [9.17, 15) is 18.8 Å². The number of rotatable bonds is 5. The Balaban J connectivity index is 1.21. The zero-order valence-corrected chi connectivity index (χ0v) is 28.5. The van der Waals surface area contributed by atoms with E-state index < -0.39 is 17.3 Å². The van der Waals surface area contributed by atoms with Gasteiger partial charge in [-0.25, -0.2) is 4.39 Å². The van der Waals surface area contributed by atoms with Gasteiger partial charge in [0.1, 0.15) is 29.7 Å². The summed E-state index contributed by atoms with van der Waals surface area (Å²) < 4.78 is 38.6. The Labute approximate surface area is 295 Å². The summed E-state index contributed by atoms with van der Waals surface area (Å²) in [5.74, 6) is 0.340. The minimum atomic E-state index is -1.30. The third-order valence-corrected chi connectivity index (χ3v) is 8.73. The van der Waals surface area contributed by atoms with Crippen LogP contribution >= 0.6 is 0 Å². The molecule has 1 spiro atoms. The molecule has 3 amide bonds. The van der Waals surface area contributed by atoms with Crippen molar-refractivity contribution in [3.63, 3.8) is 0 Å². The van der Waals surface area contributed by atoms with Crippen molar-refractivity contribution in [2.75, 3.05) is 46.9 Å². The highest BCUT2D eigenvalue weighted by molar-refractivity contribution is 5.95. The van der Waals surface area contributed by atoms with E-state index in [1.165, 1.54) is 25.3 Å². The van der Waals surface area contributed by atoms with E-state index in [1.807, 2.05) is 30.1 Å². The average molecular weight is 698 g/mol. The van der Waals surface area contributed by atoms with Crippen LogP contribution in [0.3, 0.4) is 0 Å². The molecule has 12 nitrogen and oxygen atoms in total. The number of ether oxygens (including phenoxy) is 4. The molecule has 0 unspecified atom stereocenters. The number of fused-ring (bicyclic) bond motifs is 8. The normalized spacial score (nSPS) is 16.2. The summed E-state index contributed by atoms with van der Waals surface area (Å²) in [5, 5.41) is 5.75. The maximum Gasteiger partial charge on any atom is 0.264 e. The standard InChI is InChI=1S/C38H40FN5O7/c1-43(24-29-5-3-4-14-40-29)25-35(45)44-16-12-38(13-17-44)37(47)42-23-26-19-28(39)22-32(20-26)50-34-21-27(6-11-33(34)48-2)36(46)41-15-18-49-30-7-9-31(51-38)10-8-30/h3-11,14,19-22H,12-13,15-18,23-25H2,1-2H3,(H,41,46)(H,42,47). The Morgan fingerprint density at radius 1 is 0.980 bits per heavy atom. The van der Waals surface area contributed by atoms with Crippen molar-refractivity contribution < 1.29 is 37.7 Å². The average Bonchev–Trinajstić information content (AvgIpc) is 3.13. The van der Waals surface area contributed by atoms with Gasteiger partial charge in [0, 0.05) is 56.8 Å². The van der Waals surface area contributed by atoms with Crippen LogP contribution in [-0.2, 0) is 22.7 Å². The topological polar surface area (TPSA) is 132 Å². The number of carbonyl (C=O) groups is 3. The second-order valence-electron chi connectivity index (χ2n) is 12.5. The molecule has 1 fully saturated rings. The molecule has 4 aromatic rings. The molecule has 6 bridgehead atoms. The molecular formula is C38H40FN5O7. The number of likely N-dealkylation sites (tertiary alicyclic amines) is 1. The van der Waals surface area contributed by atoms with E-state index >= 15 is 0 Å². The molecule has 0 atom stereocenters. The molecule has 4 heterocycles. The van der Waals surface area contributed by atoms with E-state index in [2.05, 4.69) is 15.6 Å². The number of aromatic nitrogens is 1. The lowest BCUT2D eigenvalue weighted by atomic mass is 9.89. The second kappa shape index (κ2) is 15.9. The summed E-state index contributed by atoms with van der Waals surface area (Å²) in [6, 6.07) is 21.4. The Bertz CT molecular complexity index is 1850. The predicted octanol–water partition coefficient (Wildman–Crippen LogP) is 4.33. The van der Waals surface area contributed by atoms with Crippen molar-refractivity contribution in [3.05, 3.63) is 108 Å². The highest BCUT2D eigenvalue weighted by Gasteiger charge is 2.44. The highest BCUT2D eigenvalue weighted by Crippen LogP contribution is 2.34. The highest BCUT2D eigenvalue weighted by atomic mass is 19.1. The minimum absolute atomic E-state index is 0.0224. The molecule has 13 heteroatoms. The summed E-state index contributed by atoms with van der Waals surface area (Å²) in [6.07, 6.45) is 2.19. The number of methoxy groups -OCH3 is 1. The number of hydrogen-bond acceptors (Lipinski definition) is 9. The van der Waals surface area contributed by atoms with Crippen molar-refractivity contribution in [2.45, 2.75) is 31.5 Å². The molecule has 7 rings (SSSR count). The van der Waals surface area contributed by atoms with Crippen LogP contribution in [0.2, 0.25) is 0 Å². The lowest BCUT2D eigenvalue weighted by molar-refractivity contribution is -0.147. The number of likely N-dealkylation sites (N-methyl/N-ethyl adjacent to an activating group) is 1. The molecule has 3 aliphatic rings. The molecule has 1 saturated heterocycles. The Morgan fingerprint density at radius 2 is 1.76 bits per heavy atom. The van der Waals surface area contributed by atoms with Crippen LogP contribution in [0.1, 0.15) is 34.5 Å². The van der Waals surface area contributed by atoms with Gasteiger partial charge in [0.05, 0.1) is 25.9 Å². The predicted molar refractivity (Wildman–Crippen MR) is 185 cm³/mol. The summed E-state index contributed by atoms with van der Waals surface area (Å²) in [6.45, 7) is 1.73. The van der Waals surface area contributed by atoms with Crippen molar-refractivity contribution >= 4 is 17.7 Å². The first kappa shape index (κ1) is 35.1. The number of carbonyl (C=O) groups excluding carboxylic acids is 3. The fourth-order valence-electron chi connectivity index (χ4n) is 6.06. The van der Waals surface area contributed by atoms with Crippen molar-refractivity contribution in [1.29, 1.82) is 0 Å². The van der Waals surface area contributed by atoms with Gasteiger partial charge < -0.3 is 34.5 Å². The Hall–Kier alpha value is -5.69. The maximum atomic E-state index is 14.9. The molecule has 1 aromatic heterocycles. The molecule has 2 N–H and O–H groups in total. The van der Waals surface area contributed by atoms with E-state index in [0.29, 0.717) is 48.0 Å². The third-order valence-electron chi connectivity index (χ3n) is 8.73. The number of halogens is 1. The van der Waals surface area contributed by atoms with Gasteiger partial charge in [-0.2, -0.15) is 0 Å². The van der Waals surface area contributed by atoms with E-state index in [1.54, 1.807) is 53.6 Å². The Morgan fingerprint density at radius 3 is 2.51 bits per heavy atom. The van der Waals surface area contributed by atoms with Crippen molar-refractivity contribution in [3.8, 4) is 28.7 Å². The smallest absolute Gasteiger partial charge is 0.264 e. The fraction of sp³-hybridized carbons (Fsp3) is 0.316. The van der Waals surface area contributed by atoms with Gasteiger partial charge in [-0.05, 0) is 79.3 Å². The van der Waals surface area contributed by atoms with E-state index in [0.717, 1.165) is 5.69 Å². The fourth-order valence-corrected chi connectivity index (χ4v) is 6.06. The van der Waals surface area contributed by atoms with Gasteiger partial charge in [0.15, 0.2) is 17.1 Å². The minimum Gasteiger partial charge on any atom is -0.493 e. The first-order valence-electron chi connectivity index (χ1n) is 16.7. The van der Waals surface area contributed by atoms with Gasteiger partial charge in [-0.15, -0.1) is 0 Å². The van der Waals surface area contributed by atoms with Crippen molar-refractivity contribution in [1.82, 2.24) is 25.4 Å². The van der Waals surface area contributed by atoms with Gasteiger partial charge in [-0.3, -0.25) is 24.3 Å². The molecule has 0 saturated carbocycles. The van der Waals surface area contributed by atoms with Gasteiger partial charge in [0.25, 0.3) is 11.8 Å². The molecule has 51 heavy (non-hydrogen) atoms. The zero-order valence-electron chi connectivity index (χ0n) is 28.5. The largest absolute Gasteiger partial charge is 0.493 e. The molecule has 3 aliphatic heterocycles. The van der Waals surface area contributed by atoms with E-state index in [-0.39, 0.29) is 62.4 Å². The van der Waals surface area contributed by atoms with E-state index in [4.69, 9.17) is 18.9 Å². The number of amides is 3. The summed E-state index contributed by atoms with van der Waals surface area (Å²) >= 11 is 0. The number of piperidine rings is 1. The van der Waals surface area contributed by atoms with Gasteiger partial charge >= 0.3 is 0 Å². The van der Waals surface area contributed by atoms with Crippen molar-refractivity contribution in [2.24, 2.45) is 0 Å². The van der Waals surface area contributed by atoms with Crippen LogP contribution in [0.5, 0.6) is 28.7 Å². The first-order chi connectivity index (χ1) is 24.7. The Kier molecular flexibility index (Phi) is 11.0. The van der Waals surface area contributed by atoms with Crippen LogP contribution in [0.15, 0.2) is 85.1 Å². The SMILES string of the molecule is COc1ccc2cc1Oc1cc(F)cc(c1)CNC(=O)C1(CCN(C(=O)CN(C)Cc3ccccn3)CC1)Oc1ccc(cc1)OCCNC2=O. The molecule has 0 aliphatic carbocycles. The first-order valence-corrected chi connectivity index (χ1v) is 16.7. The molecule has 3 aromatic carbocycles. The lowest BCUT2D eigenvalue weighted by Crippen LogP contribution is -2.58. The number of pyridine rings is 1. The number of hydrogen-bond donors (Lipinski definition) is 2. The van der Waals surface area contributed by atoms with Crippen LogP contribution < -0.4 is 29.6 Å². The molecule has 0 radical (unpaired) electrons. The summed E-state index contributed by atoms with van der Waals surface area (Å²) in [7, 11) is 3.33. The number of nitrogens with one attached hydrogen (secondary N) is 2. The third kappa shape index (κ3) is 8.92. The molecular weight excluding hydrogens is 657 g/mol. The number of nitrogens with zero attached hydrogens (tertiary/aromatic N) is 3. The van der Waals surface area contributed by atoms with Gasteiger partial charge in [0.2, 0.25) is 5.91 Å². The van der Waals surface area contributed by atoms with Crippen LogP contribution in [0, 0.1) is 5.82 Å². The zero-order chi connectivity index (χ0) is 35.8. The van der Waals surface area contributed by atoms with Crippen LogP contribution in [-0.4, -0.2) is 85.0 Å². The maximum absolute atomic E-state index is 14.9. The van der Waals surface area contributed by atoms with Crippen LogP contribution in [0.4, 0.5) is 4.39 Å².